The molecular weight excluding hydrogens is 406 g/mol. The lowest BCUT2D eigenvalue weighted by atomic mass is 9.73. The molecule has 1 aliphatic heterocycles. The molecule has 0 atom stereocenters. The number of amides is 1. The normalized spacial score (nSPS) is 16.6. The Kier molecular flexibility index (Phi) is 6.64. The molecule has 8 nitrogen and oxygen atoms in total. The molecule has 1 saturated heterocycles. The number of benzene rings is 2. The zero-order valence-corrected chi connectivity index (χ0v) is 17.9. The van der Waals surface area contributed by atoms with Crippen LogP contribution in [0.4, 0.5) is 0 Å². The zero-order valence-electron chi connectivity index (χ0n) is 17.1. The average molecular weight is 434 g/mol. The average Bonchev–Trinajstić information content (AvgIpc) is 2.77. The first-order valence-electron chi connectivity index (χ1n) is 9.63. The van der Waals surface area contributed by atoms with Crippen LogP contribution in [0.25, 0.3) is 0 Å². The number of nitrogens with zero attached hydrogens (tertiary/aromatic N) is 1. The molecule has 1 aliphatic rings. The number of carbonyl (C=O) groups is 1. The lowest BCUT2D eigenvalue weighted by Gasteiger charge is -2.41. The summed E-state index contributed by atoms with van der Waals surface area (Å²) >= 11 is 0. The van der Waals surface area contributed by atoms with Crippen molar-refractivity contribution in [2.45, 2.75) is 18.3 Å². The van der Waals surface area contributed by atoms with Gasteiger partial charge in [-0.1, -0.05) is 36.4 Å². The third-order valence-electron chi connectivity index (χ3n) is 5.67. The van der Waals surface area contributed by atoms with Crippen LogP contribution in [0.5, 0.6) is 11.5 Å². The fourth-order valence-electron chi connectivity index (χ4n) is 3.94. The molecule has 162 valence electrons. The van der Waals surface area contributed by atoms with E-state index in [2.05, 4.69) is 5.32 Å². The number of hydrogen-bond donors (Lipinski definition) is 2. The smallest absolute Gasteiger partial charge is 0.276 e. The summed E-state index contributed by atoms with van der Waals surface area (Å²) in [7, 11) is -0.738. The van der Waals surface area contributed by atoms with Gasteiger partial charge in [0.2, 0.25) is 0 Å². The number of hydrogen-bond acceptors (Lipinski definition) is 5. The third kappa shape index (κ3) is 4.58. The van der Waals surface area contributed by atoms with E-state index >= 15 is 0 Å². The van der Waals surface area contributed by atoms with Crippen LogP contribution >= 0.6 is 0 Å². The van der Waals surface area contributed by atoms with Crippen molar-refractivity contribution in [1.82, 2.24) is 9.62 Å². The quantitative estimate of drug-likeness (QED) is 0.690. The lowest BCUT2D eigenvalue weighted by molar-refractivity contribution is 0.0926. The second kappa shape index (κ2) is 9.03. The molecule has 0 bridgehead atoms. The fraction of sp³-hybridized carbons (Fsp3) is 0.381. The minimum atomic E-state index is -3.74. The summed E-state index contributed by atoms with van der Waals surface area (Å²) in [5.41, 5.74) is 0.965. The number of ether oxygens (including phenoxy) is 2. The maximum atomic E-state index is 13.0. The van der Waals surface area contributed by atoms with Crippen LogP contribution in [-0.4, -0.2) is 52.5 Å². The van der Waals surface area contributed by atoms with Gasteiger partial charge in [-0.15, -0.1) is 0 Å². The maximum Gasteiger partial charge on any atom is 0.276 e. The molecule has 0 aromatic heterocycles. The van der Waals surface area contributed by atoms with E-state index in [-0.39, 0.29) is 5.91 Å². The topological polar surface area (TPSA) is 111 Å². The fourth-order valence-corrected chi connectivity index (χ4v) is 4.63. The van der Waals surface area contributed by atoms with E-state index in [1.165, 1.54) is 18.5 Å². The molecule has 0 unspecified atom stereocenters. The van der Waals surface area contributed by atoms with Gasteiger partial charge in [0.25, 0.3) is 16.1 Å². The van der Waals surface area contributed by atoms with Crippen LogP contribution < -0.4 is 19.9 Å². The van der Waals surface area contributed by atoms with Crippen molar-refractivity contribution in [3.05, 3.63) is 59.7 Å². The van der Waals surface area contributed by atoms with Gasteiger partial charge in [-0.05, 0) is 30.5 Å². The predicted molar refractivity (Wildman–Crippen MR) is 114 cm³/mol. The van der Waals surface area contributed by atoms with Gasteiger partial charge in [0.15, 0.2) is 0 Å². The summed E-state index contributed by atoms with van der Waals surface area (Å²) < 4.78 is 35.4. The third-order valence-corrected chi connectivity index (χ3v) is 6.75. The SMILES string of the molecule is COc1cccc(OC)c1C(=O)NCC1(c2ccccc2)CCN(S(N)(=O)=O)CC1. The Morgan fingerprint density at radius 1 is 1.03 bits per heavy atom. The van der Waals surface area contributed by atoms with Gasteiger partial charge >= 0.3 is 0 Å². The maximum absolute atomic E-state index is 13.0. The minimum Gasteiger partial charge on any atom is -0.496 e. The van der Waals surface area contributed by atoms with Gasteiger partial charge in [0.05, 0.1) is 14.2 Å². The van der Waals surface area contributed by atoms with Crippen LogP contribution in [0, 0.1) is 0 Å². The molecule has 2 aromatic rings. The van der Waals surface area contributed by atoms with Crippen LogP contribution in [0.15, 0.2) is 48.5 Å². The first-order valence-corrected chi connectivity index (χ1v) is 11.1. The van der Waals surface area contributed by atoms with Gasteiger partial charge < -0.3 is 14.8 Å². The molecule has 0 spiro atoms. The highest BCUT2D eigenvalue weighted by Gasteiger charge is 2.39. The summed E-state index contributed by atoms with van der Waals surface area (Å²) in [4.78, 5) is 13.0. The molecule has 0 radical (unpaired) electrons. The molecule has 1 heterocycles. The van der Waals surface area contributed by atoms with Crippen molar-refractivity contribution >= 4 is 16.1 Å². The van der Waals surface area contributed by atoms with E-state index in [0.717, 1.165) is 5.56 Å². The van der Waals surface area contributed by atoms with E-state index in [1.807, 2.05) is 30.3 Å². The Morgan fingerprint density at radius 3 is 2.10 bits per heavy atom. The molecule has 3 rings (SSSR count). The standard InChI is InChI=1S/C21H27N3O5S/c1-28-17-9-6-10-18(29-2)19(17)20(25)23-15-21(16-7-4-3-5-8-16)11-13-24(14-12-21)30(22,26)27/h3-10H,11-15H2,1-2H3,(H,23,25)(H2,22,26,27). The van der Waals surface area contributed by atoms with Crippen LogP contribution in [0.3, 0.4) is 0 Å². The van der Waals surface area contributed by atoms with Crippen molar-refractivity contribution in [2.24, 2.45) is 5.14 Å². The van der Waals surface area contributed by atoms with E-state index in [1.54, 1.807) is 18.2 Å². The van der Waals surface area contributed by atoms with Gasteiger partial charge in [-0.25, -0.2) is 5.14 Å². The minimum absolute atomic E-state index is 0.293. The number of nitrogens with one attached hydrogen (secondary N) is 1. The van der Waals surface area contributed by atoms with E-state index in [9.17, 15) is 13.2 Å². The Hall–Kier alpha value is -2.62. The number of carbonyl (C=O) groups excluding carboxylic acids is 1. The van der Waals surface area contributed by atoms with Crippen LogP contribution in [0.2, 0.25) is 0 Å². The second-order valence-corrected chi connectivity index (χ2v) is 8.86. The molecule has 9 heteroatoms. The van der Waals surface area contributed by atoms with Gasteiger partial charge in [0, 0.05) is 25.0 Å². The Balaban J connectivity index is 1.85. The van der Waals surface area contributed by atoms with Crippen LogP contribution in [0.1, 0.15) is 28.8 Å². The van der Waals surface area contributed by atoms with Crippen LogP contribution in [-0.2, 0) is 15.6 Å². The first kappa shape index (κ1) is 22.1. The molecule has 3 N–H and O–H groups in total. The monoisotopic (exact) mass is 433 g/mol. The van der Waals surface area contributed by atoms with Crippen molar-refractivity contribution in [1.29, 1.82) is 0 Å². The molecule has 0 saturated carbocycles. The Labute approximate surface area is 177 Å². The van der Waals surface area contributed by atoms with E-state index in [4.69, 9.17) is 14.6 Å². The summed E-state index contributed by atoms with van der Waals surface area (Å²) in [5.74, 6) is 0.530. The highest BCUT2D eigenvalue weighted by atomic mass is 32.2. The largest absolute Gasteiger partial charge is 0.496 e. The summed E-state index contributed by atoms with van der Waals surface area (Å²) in [6, 6.07) is 15.0. The van der Waals surface area contributed by atoms with E-state index in [0.29, 0.717) is 49.5 Å². The van der Waals surface area contributed by atoms with E-state index < -0.39 is 15.6 Å². The van der Waals surface area contributed by atoms with Gasteiger partial charge in [0.1, 0.15) is 17.1 Å². The molecule has 1 amide bonds. The predicted octanol–water partition coefficient (Wildman–Crippen LogP) is 1.67. The molecule has 1 fully saturated rings. The Morgan fingerprint density at radius 2 is 1.60 bits per heavy atom. The number of rotatable bonds is 7. The number of methoxy groups -OCH3 is 2. The highest BCUT2D eigenvalue weighted by Crippen LogP contribution is 2.36. The first-order chi connectivity index (χ1) is 14.3. The molecule has 2 aromatic carbocycles. The number of nitrogens with two attached hydrogens (primary N) is 1. The van der Waals surface area contributed by atoms with Crippen molar-refractivity contribution in [2.75, 3.05) is 33.9 Å². The summed E-state index contributed by atoms with van der Waals surface area (Å²) in [5, 5.41) is 8.31. The second-order valence-electron chi connectivity index (χ2n) is 7.31. The summed E-state index contributed by atoms with van der Waals surface area (Å²) in [6.45, 7) is 0.929. The molecule has 0 aliphatic carbocycles. The highest BCUT2D eigenvalue weighted by molar-refractivity contribution is 7.86. The zero-order chi connectivity index (χ0) is 21.8. The van der Waals surface area contributed by atoms with Gasteiger partial charge in [-0.3, -0.25) is 4.79 Å². The summed E-state index contributed by atoms with van der Waals surface area (Å²) in [6.07, 6.45) is 1.08. The van der Waals surface area contributed by atoms with Crippen molar-refractivity contribution in [3.8, 4) is 11.5 Å². The lowest BCUT2D eigenvalue weighted by Crippen LogP contribution is -2.51. The van der Waals surface area contributed by atoms with Crippen molar-refractivity contribution < 1.29 is 22.7 Å². The molecule has 30 heavy (non-hydrogen) atoms. The number of piperidine rings is 1. The van der Waals surface area contributed by atoms with Crippen molar-refractivity contribution in [3.63, 3.8) is 0 Å². The Bertz CT molecular complexity index is 965. The molecular formula is C21H27N3O5S. The van der Waals surface area contributed by atoms with Gasteiger partial charge in [-0.2, -0.15) is 12.7 Å².